The van der Waals surface area contributed by atoms with Gasteiger partial charge in [0, 0.05) is 5.69 Å². The van der Waals surface area contributed by atoms with Gasteiger partial charge in [-0.3, -0.25) is 0 Å². The van der Waals surface area contributed by atoms with Crippen molar-refractivity contribution in [2.24, 2.45) is 0 Å². The number of hydrogen-bond donors (Lipinski definition) is 2. The molecular formula is C10H15NO. The second kappa shape index (κ2) is 4.12. The van der Waals surface area contributed by atoms with Crippen LogP contribution in [0.1, 0.15) is 18.9 Å². The van der Waals surface area contributed by atoms with Gasteiger partial charge < -0.3 is 10.8 Å². The zero-order chi connectivity index (χ0) is 8.97. The van der Waals surface area contributed by atoms with E-state index in [9.17, 15) is 0 Å². The predicted molar refractivity (Wildman–Crippen MR) is 50.9 cm³/mol. The molecule has 66 valence electrons. The monoisotopic (exact) mass is 165 g/mol. The topological polar surface area (TPSA) is 46.2 Å². The van der Waals surface area contributed by atoms with Crippen LogP contribution in [0.2, 0.25) is 0 Å². The number of aliphatic hydroxyl groups excluding tert-OH is 1. The fourth-order valence-electron chi connectivity index (χ4n) is 1.13. The normalized spacial score (nSPS) is 12.8. The van der Waals surface area contributed by atoms with Crippen LogP contribution in [-0.4, -0.2) is 11.2 Å². The Labute approximate surface area is 73.0 Å². The van der Waals surface area contributed by atoms with Gasteiger partial charge in [0.05, 0.1) is 6.10 Å². The lowest BCUT2D eigenvalue weighted by molar-refractivity contribution is 0.185. The maximum atomic E-state index is 9.06. The number of nitrogen functional groups attached to an aromatic ring is 1. The Hall–Kier alpha value is -1.02. The summed E-state index contributed by atoms with van der Waals surface area (Å²) in [5.41, 5.74) is 7.67. The average Bonchev–Trinajstić information content (AvgIpc) is 2.03. The molecule has 12 heavy (non-hydrogen) atoms. The van der Waals surface area contributed by atoms with E-state index in [1.54, 1.807) is 6.92 Å². The lowest BCUT2D eigenvalue weighted by Crippen LogP contribution is -2.03. The van der Waals surface area contributed by atoms with Gasteiger partial charge in [-0.15, -0.1) is 0 Å². The van der Waals surface area contributed by atoms with Crippen LogP contribution in [-0.2, 0) is 6.42 Å². The smallest absolute Gasteiger partial charge is 0.0515 e. The SMILES string of the molecule is CC(O)CCc1ccccc1N. The van der Waals surface area contributed by atoms with Crippen molar-refractivity contribution < 1.29 is 5.11 Å². The standard InChI is InChI=1S/C10H15NO/c1-8(12)6-7-9-4-2-3-5-10(9)11/h2-5,8,12H,6-7,11H2,1H3. The third-order valence-corrected chi connectivity index (χ3v) is 1.89. The number of para-hydroxylation sites is 1. The highest BCUT2D eigenvalue weighted by Crippen LogP contribution is 2.13. The van der Waals surface area contributed by atoms with E-state index in [0.717, 1.165) is 24.1 Å². The third-order valence-electron chi connectivity index (χ3n) is 1.89. The lowest BCUT2D eigenvalue weighted by atomic mass is 10.1. The van der Waals surface area contributed by atoms with Crippen molar-refractivity contribution >= 4 is 5.69 Å². The highest BCUT2D eigenvalue weighted by atomic mass is 16.3. The first-order chi connectivity index (χ1) is 5.70. The zero-order valence-corrected chi connectivity index (χ0v) is 7.33. The van der Waals surface area contributed by atoms with Crippen molar-refractivity contribution in [1.82, 2.24) is 0 Å². The Bertz CT molecular complexity index is 245. The quantitative estimate of drug-likeness (QED) is 0.668. The second-order valence-corrected chi connectivity index (χ2v) is 3.09. The predicted octanol–water partition coefficient (Wildman–Crippen LogP) is 1.58. The lowest BCUT2D eigenvalue weighted by Gasteiger charge is -2.06. The third kappa shape index (κ3) is 2.55. The van der Waals surface area contributed by atoms with E-state index in [-0.39, 0.29) is 6.10 Å². The minimum Gasteiger partial charge on any atom is -0.399 e. The van der Waals surface area contributed by atoms with E-state index in [1.807, 2.05) is 24.3 Å². The Morgan fingerprint density at radius 3 is 2.67 bits per heavy atom. The van der Waals surface area contributed by atoms with Crippen LogP contribution in [0.15, 0.2) is 24.3 Å². The minimum atomic E-state index is -0.246. The summed E-state index contributed by atoms with van der Waals surface area (Å²) in [5.74, 6) is 0. The molecular weight excluding hydrogens is 150 g/mol. The maximum absolute atomic E-state index is 9.06. The van der Waals surface area contributed by atoms with Crippen LogP contribution < -0.4 is 5.73 Å². The van der Waals surface area contributed by atoms with E-state index >= 15 is 0 Å². The first-order valence-electron chi connectivity index (χ1n) is 4.21. The molecule has 0 saturated carbocycles. The van der Waals surface area contributed by atoms with Gasteiger partial charge in [-0.2, -0.15) is 0 Å². The van der Waals surface area contributed by atoms with Gasteiger partial charge in [0.25, 0.3) is 0 Å². The second-order valence-electron chi connectivity index (χ2n) is 3.09. The van der Waals surface area contributed by atoms with Crippen LogP contribution >= 0.6 is 0 Å². The number of nitrogens with two attached hydrogens (primary N) is 1. The number of rotatable bonds is 3. The zero-order valence-electron chi connectivity index (χ0n) is 7.33. The number of benzene rings is 1. The van der Waals surface area contributed by atoms with E-state index in [1.165, 1.54) is 0 Å². The molecule has 1 aromatic carbocycles. The van der Waals surface area contributed by atoms with Gasteiger partial charge in [0.15, 0.2) is 0 Å². The molecule has 0 saturated heterocycles. The van der Waals surface area contributed by atoms with Gasteiger partial charge in [0.2, 0.25) is 0 Å². The van der Waals surface area contributed by atoms with Crippen molar-refractivity contribution in [2.45, 2.75) is 25.9 Å². The van der Waals surface area contributed by atoms with Crippen LogP contribution in [0.3, 0.4) is 0 Å². The number of hydrogen-bond acceptors (Lipinski definition) is 2. The summed E-state index contributed by atoms with van der Waals surface area (Å²) in [6.45, 7) is 1.79. The molecule has 1 atom stereocenters. The largest absolute Gasteiger partial charge is 0.399 e. The fraction of sp³-hybridized carbons (Fsp3) is 0.400. The molecule has 0 aromatic heterocycles. The first kappa shape index (κ1) is 9.07. The summed E-state index contributed by atoms with van der Waals surface area (Å²) in [7, 11) is 0. The van der Waals surface area contributed by atoms with Crippen molar-refractivity contribution in [2.75, 3.05) is 5.73 Å². The molecule has 2 nitrogen and oxygen atoms in total. The van der Waals surface area contributed by atoms with E-state index in [4.69, 9.17) is 10.8 Å². The van der Waals surface area contributed by atoms with Crippen LogP contribution in [0.25, 0.3) is 0 Å². The highest BCUT2D eigenvalue weighted by molar-refractivity contribution is 5.46. The Balaban J connectivity index is 2.57. The van der Waals surface area contributed by atoms with Gasteiger partial charge in [0.1, 0.15) is 0 Å². The summed E-state index contributed by atoms with van der Waals surface area (Å²) in [5, 5.41) is 9.06. The van der Waals surface area contributed by atoms with Gasteiger partial charge >= 0.3 is 0 Å². The molecule has 3 N–H and O–H groups in total. The number of anilines is 1. The van der Waals surface area contributed by atoms with Gasteiger partial charge in [-0.05, 0) is 31.4 Å². The molecule has 1 rings (SSSR count). The first-order valence-corrected chi connectivity index (χ1v) is 4.21. The summed E-state index contributed by atoms with van der Waals surface area (Å²) >= 11 is 0. The van der Waals surface area contributed by atoms with Gasteiger partial charge in [-0.25, -0.2) is 0 Å². The van der Waals surface area contributed by atoms with Crippen molar-refractivity contribution in [3.8, 4) is 0 Å². The molecule has 0 bridgehead atoms. The Kier molecular flexibility index (Phi) is 3.11. The van der Waals surface area contributed by atoms with Crippen molar-refractivity contribution in [3.05, 3.63) is 29.8 Å². The molecule has 0 aliphatic rings. The average molecular weight is 165 g/mol. The molecule has 1 unspecified atom stereocenters. The highest BCUT2D eigenvalue weighted by Gasteiger charge is 1.99. The van der Waals surface area contributed by atoms with Crippen LogP contribution in [0.5, 0.6) is 0 Å². The summed E-state index contributed by atoms with van der Waals surface area (Å²) < 4.78 is 0. The van der Waals surface area contributed by atoms with Crippen LogP contribution in [0, 0.1) is 0 Å². The van der Waals surface area contributed by atoms with Crippen molar-refractivity contribution in [3.63, 3.8) is 0 Å². The fourth-order valence-corrected chi connectivity index (χ4v) is 1.13. The van der Waals surface area contributed by atoms with Gasteiger partial charge in [-0.1, -0.05) is 18.2 Å². The minimum absolute atomic E-state index is 0.246. The molecule has 0 spiro atoms. The molecule has 0 radical (unpaired) electrons. The molecule has 0 amide bonds. The molecule has 0 aliphatic carbocycles. The van der Waals surface area contributed by atoms with E-state index < -0.39 is 0 Å². The molecule has 2 heteroatoms. The van der Waals surface area contributed by atoms with Crippen molar-refractivity contribution in [1.29, 1.82) is 0 Å². The molecule has 0 heterocycles. The summed E-state index contributed by atoms with van der Waals surface area (Å²) in [4.78, 5) is 0. The summed E-state index contributed by atoms with van der Waals surface area (Å²) in [6, 6.07) is 7.77. The molecule has 0 aliphatic heterocycles. The van der Waals surface area contributed by atoms with Crippen LogP contribution in [0.4, 0.5) is 5.69 Å². The van der Waals surface area contributed by atoms with E-state index in [0.29, 0.717) is 0 Å². The summed E-state index contributed by atoms with van der Waals surface area (Å²) in [6.07, 6.45) is 1.38. The molecule has 1 aromatic rings. The Morgan fingerprint density at radius 1 is 1.42 bits per heavy atom. The number of aryl methyl sites for hydroxylation is 1. The Morgan fingerprint density at radius 2 is 2.08 bits per heavy atom. The van der Waals surface area contributed by atoms with E-state index in [2.05, 4.69) is 0 Å². The maximum Gasteiger partial charge on any atom is 0.0515 e. The molecule has 0 fully saturated rings. The number of aliphatic hydroxyl groups is 1.